The van der Waals surface area contributed by atoms with Gasteiger partial charge in [-0.15, -0.1) is 0 Å². The van der Waals surface area contributed by atoms with Gasteiger partial charge < -0.3 is 9.64 Å². The van der Waals surface area contributed by atoms with E-state index in [4.69, 9.17) is 4.74 Å². The highest BCUT2D eigenvalue weighted by Crippen LogP contribution is 2.22. The molecule has 1 heterocycles. The summed E-state index contributed by atoms with van der Waals surface area (Å²) in [5.41, 5.74) is 0. The first-order valence-corrected chi connectivity index (χ1v) is 6.08. The summed E-state index contributed by atoms with van der Waals surface area (Å²) >= 11 is 0. The summed E-state index contributed by atoms with van der Waals surface area (Å²) in [6.45, 7) is 0.702. The number of Topliss-reactive ketones (excluding diaryl/α,β-unsaturated/α-hetero) is 1. The van der Waals surface area contributed by atoms with Crippen molar-refractivity contribution >= 4 is 11.7 Å². The maximum absolute atomic E-state index is 12.0. The van der Waals surface area contributed by atoms with Crippen molar-refractivity contribution in [2.24, 2.45) is 0 Å². The van der Waals surface area contributed by atoms with E-state index in [1.807, 2.05) is 7.05 Å². The molecule has 16 heavy (non-hydrogen) atoms. The summed E-state index contributed by atoms with van der Waals surface area (Å²) in [5.74, 6) is 0.422. The Morgan fingerprint density at radius 2 is 2.00 bits per heavy atom. The zero-order chi connectivity index (χ0) is 11.5. The molecule has 0 aromatic carbocycles. The minimum absolute atomic E-state index is 0.0943. The van der Waals surface area contributed by atoms with Gasteiger partial charge in [0.1, 0.15) is 11.9 Å². The molecule has 1 saturated carbocycles. The molecule has 0 spiro atoms. The smallest absolute Gasteiger partial charge is 0.251 e. The van der Waals surface area contributed by atoms with Gasteiger partial charge in [0, 0.05) is 32.5 Å². The molecule has 2 fully saturated rings. The Balaban J connectivity index is 1.88. The van der Waals surface area contributed by atoms with E-state index in [9.17, 15) is 9.59 Å². The largest absolute Gasteiger partial charge is 0.368 e. The van der Waals surface area contributed by atoms with Gasteiger partial charge in [-0.3, -0.25) is 9.59 Å². The second-order valence-electron chi connectivity index (χ2n) is 4.72. The van der Waals surface area contributed by atoms with Crippen molar-refractivity contribution in [3.8, 4) is 0 Å². The van der Waals surface area contributed by atoms with E-state index in [0.29, 0.717) is 25.2 Å². The Morgan fingerprint density at radius 3 is 2.56 bits per heavy atom. The third kappa shape index (κ3) is 2.43. The summed E-state index contributed by atoms with van der Waals surface area (Å²) in [4.78, 5) is 25.0. The van der Waals surface area contributed by atoms with Crippen LogP contribution in [-0.4, -0.2) is 42.4 Å². The van der Waals surface area contributed by atoms with Crippen LogP contribution in [0.25, 0.3) is 0 Å². The first-order valence-electron chi connectivity index (χ1n) is 6.08. The van der Waals surface area contributed by atoms with E-state index in [1.54, 1.807) is 4.90 Å². The van der Waals surface area contributed by atoms with Crippen molar-refractivity contribution in [3.05, 3.63) is 0 Å². The minimum Gasteiger partial charge on any atom is -0.368 e. The topological polar surface area (TPSA) is 46.6 Å². The number of rotatable bonds is 2. The average Bonchev–Trinajstić information content (AvgIpc) is 2.81. The third-order valence-electron chi connectivity index (χ3n) is 3.61. The van der Waals surface area contributed by atoms with E-state index in [1.165, 1.54) is 0 Å². The molecule has 1 unspecified atom stereocenters. The van der Waals surface area contributed by atoms with Crippen LogP contribution in [0.2, 0.25) is 0 Å². The summed E-state index contributed by atoms with van der Waals surface area (Å²) in [6, 6.07) is 0.231. The molecule has 0 aromatic rings. The number of amides is 1. The number of hydrogen-bond donors (Lipinski definition) is 0. The van der Waals surface area contributed by atoms with Gasteiger partial charge in [-0.2, -0.15) is 0 Å². The van der Waals surface area contributed by atoms with Crippen LogP contribution in [0, 0.1) is 0 Å². The predicted octanol–water partition coefficient (Wildman–Crippen LogP) is 1.14. The van der Waals surface area contributed by atoms with Gasteiger partial charge in [0.2, 0.25) is 0 Å². The van der Waals surface area contributed by atoms with Crippen LogP contribution in [0.3, 0.4) is 0 Å². The highest BCUT2D eigenvalue weighted by atomic mass is 16.5. The van der Waals surface area contributed by atoms with Crippen molar-refractivity contribution in [3.63, 3.8) is 0 Å². The third-order valence-corrected chi connectivity index (χ3v) is 3.61. The molecule has 1 saturated heterocycles. The van der Waals surface area contributed by atoms with E-state index < -0.39 is 0 Å². The molecule has 1 aliphatic heterocycles. The van der Waals surface area contributed by atoms with Crippen molar-refractivity contribution in [2.45, 2.75) is 50.7 Å². The van der Waals surface area contributed by atoms with Gasteiger partial charge in [0.15, 0.2) is 0 Å². The van der Waals surface area contributed by atoms with E-state index in [2.05, 4.69) is 0 Å². The maximum atomic E-state index is 12.0. The summed E-state index contributed by atoms with van der Waals surface area (Å²) in [7, 11) is 1.84. The molecule has 0 aromatic heterocycles. The van der Waals surface area contributed by atoms with Gasteiger partial charge in [-0.1, -0.05) is 0 Å². The van der Waals surface area contributed by atoms with E-state index in [-0.39, 0.29) is 18.1 Å². The SMILES string of the molecule is CN(C(=O)C1CCCO1)C1CCC(=O)CC1. The fraction of sp³-hybridized carbons (Fsp3) is 0.833. The van der Waals surface area contributed by atoms with Crippen molar-refractivity contribution in [1.29, 1.82) is 0 Å². The van der Waals surface area contributed by atoms with Crippen LogP contribution in [0.5, 0.6) is 0 Å². The monoisotopic (exact) mass is 225 g/mol. The van der Waals surface area contributed by atoms with Gasteiger partial charge in [-0.05, 0) is 25.7 Å². The predicted molar refractivity (Wildman–Crippen MR) is 59.0 cm³/mol. The molecule has 4 heteroatoms. The highest BCUT2D eigenvalue weighted by Gasteiger charge is 2.31. The molecule has 2 aliphatic rings. The first kappa shape index (κ1) is 11.6. The van der Waals surface area contributed by atoms with Gasteiger partial charge in [0.25, 0.3) is 5.91 Å². The fourth-order valence-electron chi connectivity index (χ4n) is 2.49. The van der Waals surface area contributed by atoms with Gasteiger partial charge in [-0.25, -0.2) is 0 Å². The number of likely N-dealkylation sites (N-methyl/N-ethyl adjacent to an activating group) is 1. The lowest BCUT2D eigenvalue weighted by molar-refractivity contribution is -0.143. The van der Waals surface area contributed by atoms with Crippen LogP contribution in [0.15, 0.2) is 0 Å². The quantitative estimate of drug-likeness (QED) is 0.708. The van der Waals surface area contributed by atoms with Crippen LogP contribution < -0.4 is 0 Å². The number of nitrogens with zero attached hydrogens (tertiary/aromatic N) is 1. The van der Waals surface area contributed by atoms with Crippen LogP contribution >= 0.6 is 0 Å². The summed E-state index contributed by atoms with van der Waals surface area (Å²) in [6.07, 6.45) is 4.45. The molecule has 1 aliphatic carbocycles. The number of carbonyl (C=O) groups is 2. The Morgan fingerprint density at radius 1 is 1.31 bits per heavy atom. The lowest BCUT2D eigenvalue weighted by Gasteiger charge is -2.32. The zero-order valence-electron chi connectivity index (χ0n) is 9.78. The van der Waals surface area contributed by atoms with Crippen molar-refractivity contribution < 1.29 is 14.3 Å². The van der Waals surface area contributed by atoms with Gasteiger partial charge >= 0.3 is 0 Å². The number of ether oxygens (including phenoxy) is 1. The first-order chi connectivity index (χ1) is 7.68. The Bertz CT molecular complexity index is 274. The molecule has 2 rings (SSSR count). The molecule has 4 nitrogen and oxygen atoms in total. The van der Waals surface area contributed by atoms with Crippen molar-refractivity contribution in [1.82, 2.24) is 4.90 Å². The van der Waals surface area contributed by atoms with E-state index in [0.717, 1.165) is 25.7 Å². The summed E-state index contributed by atoms with van der Waals surface area (Å²) in [5, 5.41) is 0. The second kappa shape index (κ2) is 4.95. The highest BCUT2D eigenvalue weighted by molar-refractivity contribution is 5.82. The summed E-state index contributed by atoms with van der Waals surface area (Å²) < 4.78 is 5.39. The molecule has 0 bridgehead atoms. The second-order valence-corrected chi connectivity index (χ2v) is 4.72. The number of ketones is 1. The van der Waals surface area contributed by atoms with Crippen LogP contribution in [0.1, 0.15) is 38.5 Å². The van der Waals surface area contributed by atoms with Crippen molar-refractivity contribution in [2.75, 3.05) is 13.7 Å². The average molecular weight is 225 g/mol. The molecular formula is C12H19NO3. The lowest BCUT2D eigenvalue weighted by atomic mass is 9.93. The number of carbonyl (C=O) groups excluding carboxylic acids is 2. The molecule has 0 radical (unpaired) electrons. The standard InChI is InChI=1S/C12H19NO3/c1-13(9-4-6-10(14)7-5-9)12(15)11-3-2-8-16-11/h9,11H,2-8H2,1H3. The Hall–Kier alpha value is -0.900. The zero-order valence-corrected chi connectivity index (χ0v) is 9.78. The maximum Gasteiger partial charge on any atom is 0.251 e. The molecule has 1 amide bonds. The Labute approximate surface area is 95.9 Å². The Kier molecular flexibility index (Phi) is 3.59. The molecule has 90 valence electrons. The van der Waals surface area contributed by atoms with Crippen LogP contribution in [0.4, 0.5) is 0 Å². The number of hydrogen-bond acceptors (Lipinski definition) is 3. The fourth-order valence-corrected chi connectivity index (χ4v) is 2.49. The van der Waals surface area contributed by atoms with E-state index >= 15 is 0 Å². The lowest BCUT2D eigenvalue weighted by Crippen LogP contribution is -2.44. The normalized spacial score (nSPS) is 27.1. The van der Waals surface area contributed by atoms with Gasteiger partial charge in [0.05, 0.1) is 0 Å². The minimum atomic E-state index is -0.234. The van der Waals surface area contributed by atoms with Crippen LogP contribution in [-0.2, 0) is 14.3 Å². The molecular weight excluding hydrogens is 206 g/mol. The molecule has 1 atom stereocenters. The molecule has 0 N–H and O–H groups in total.